The highest BCUT2D eigenvalue weighted by atomic mass is 16.7. The van der Waals surface area contributed by atoms with Crippen molar-refractivity contribution < 1.29 is 28.5 Å². The maximum Gasteiger partial charge on any atom is 0.315 e. The van der Waals surface area contributed by atoms with Gasteiger partial charge in [-0.05, 0) is 32.1 Å². The van der Waals surface area contributed by atoms with Crippen LogP contribution in [-0.2, 0) is 28.5 Å². The van der Waals surface area contributed by atoms with Crippen molar-refractivity contribution in [2.45, 2.75) is 56.8 Å². The van der Waals surface area contributed by atoms with Crippen LogP contribution in [0.25, 0.3) is 0 Å². The number of carbonyl (C=O) groups is 2. The minimum Gasteiger partial charge on any atom is -0.459 e. The quantitative estimate of drug-likeness (QED) is 0.423. The summed E-state index contributed by atoms with van der Waals surface area (Å²) in [5.41, 5.74) is -0.371. The van der Waals surface area contributed by atoms with Crippen LogP contribution in [0.15, 0.2) is 12.2 Å². The molecule has 0 aromatic heterocycles. The lowest BCUT2D eigenvalue weighted by Crippen LogP contribution is -2.42. The van der Waals surface area contributed by atoms with Crippen LogP contribution in [0.3, 0.4) is 0 Å². The predicted molar refractivity (Wildman–Crippen MR) is 80.3 cm³/mol. The van der Waals surface area contributed by atoms with Crippen LogP contribution < -0.4 is 0 Å². The van der Waals surface area contributed by atoms with Crippen molar-refractivity contribution >= 4 is 11.9 Å². The maximum absolute atomic E-state index is 12.8. The molecule has 4 unspecified atom stereocenters. The van der Waals surface area contributed by atoms with E-state index in [-0.39, 0.29) is 18.4 Å². The smallest absolute Gasteiger partial charge is 0.315 e. The molecule has 0 spiro atoms. The third-order valence-corrected chi connectivity index (χ3v) is 5.24. The van der Waals surface area contributed by atoms with Crippen molar-refractivity contribution in [3.05, 3.63) is 12.2 Å². The van der Waals surface area contributed by atoms with Gasteiger partial charge in [0.2, 0.25) is 0 Å². The Labute approximate surface area is 136 Å². The lowest BCUT2D eigenvalue weighted by Gasteiger charge is -2.31. The second-order valence-electron chi connectivity index (χ2n) is 6.54. The molecule has 3 aliphatic rings. The van der Waals surface area contributed by atoms with Gasteiger partial charge in [0.1, 0.15) is 17.4 Å². The number of fused-ring (bicyclic) bond motifs is 2. The van der Waals surface area contributed by atoms with Gasteiger partial charge in [0.05, 0.1) is 12.2 Å². The molecule has 6 heteroatoms. The Bertz CT molecular complexity index is 493. The zero-order valence-electron chi connectivity index (χ0n) is 13.7. The summed E-state index contributed by atoms with van der Waals surface area (Å²) < 4.78 is 21.4. The van der Waals surface area contributed by atoms with Gasteiger partial charge in [-0.1, -0.05) is 19.1 Å². The van der Waals surface area contributed by atoms with Gasteiger partial charge >= 0.3 is 11.9 Å². The van der Waals surface area contributed by atoms with Gasteiger partial charge in [-0.15, -0.1) is 0 Å². The maximum atomic E-state index is 12.8. The van der Waals surface area contributed by atoms with Crippen LogP contribution in [0.5, 0.6) is 0 Å². The van der Waals surface area contributed by atoms with Crippen LogP contribution in [-0.4, -0.2) is 43.7 Å². The second kappa shape index (κ2) is 6.61. The average molecular weight is 324 g/mol. The Morgan fingerprint density at radius 2 is 1.74 bits per heavy atom. The number of hydrogen-bond acceptors (Lipinski definition) is 6. The molecule has 1 aliphatic carbocycles. The summed E-state index contributed by atoms with van der Waals surface area (Å²) in [6, 6.07) is 0. The molecule has 2 fully saturated rings. The lowest BCUT2D eigenvalue weighted by molar-refractivity contribution is -0.174. The highest BCUT2D eigenvalue weighted by Gasteiger charge is 2.55. The fraction of sp³-hybridized carbons (Fsp3) is 0.765. The Kier molecular flexibility index (Phi) is 4.73. The van der Waals surface area contributed by atoms with Gasteiger partial charge in [0.15, 0.2) is 6.79 Å². The summed E-state index contributed by atoms with van der Waals surface area (Å²) in [7, 11) is 1.45. The predicted octanol–water partition coefficient (Wildman–Crippen LogP) is 1.97. The third kappa shape index (κ3) is 3.02. The number of esters is 2. The van der Waals surface area contributed by atoms with Crippen LogP contribution >= 0.6 is 0 Å². The molecule has 0 N–H and O–H groups in total. The molecule has 0 radical (unpaired) electrons. The van der Waals surface area contributed by atoms with Crippen LogP contribution in [0, 0.1) is 11.8 Å². The zero-order valence-corrected chi connectivity index (χ0v) is 13.7. The number of methoxy groups -OCH3 is 1. The van der Waals surface area contributed by atoms with E-state index in [0.29, 0.717) is 0 Å². The molecule has 0 amide bonds. The average Bonchev–Trinajstić information content (AvgIpc) is 3.27. The summed E-state index contributed by atoms with van der Waals surface area (Å²) in [4.78, 5) is 25.0. The molecule has 1 saturated heterocycles. The molecular weight excluding hydrogens is 300 g/mol. The van der Waals surface area contributed by atoms with E-state index >= 15 is 0 Å². The molecule has 6 nitrogen and oxygen atoms in total. The van der Waals surface area contributed by atoms with Gasteiger partial charge in [-0.25, -0.2) is 0 Å². The van der Waals surface area contributed by atoms with Gasteiger partial charge in [0, 0.05) is 7.11 Å². The summed E-state index contributed by atoms with van der Waals surface area (Å²) in [5.74, 6) is -2.09. The summed E-state index contributed by atoms with van der Waals surface area (Å²) in [6.45, 7) is 1.91. The first-order valence-corrected chi connectivity index (χ1v) is 8.32. The minimum atomic E-state index is -0.650. The van der Waals surface area contributed by atoms with E-state index in [9.17, 15) is 9.59 Å². The largest absolute Gasteiger partial charge is 0.459 e. The van der Waals surface area contributed by atoms with E-state index < -0.39 is 30.0 Å². The highest BCUT2D eigenvalue weighted by molar-refractivity contribution is 5.85. The Morgan fingerprint density at radius 1 is 1.13 bits per heavy atom. The standard InChI is InChI=1S/C17H24O6/c1-3-17(8-4-5-9-17)23-16(19)14-12-7-6-11(22-12)13(14)15(18)21-10-20-2/h6-7,11-14H,3-5,8-10H2,1-2H3. The van der Waals surface area contributed by atoms with Crippen LogP contribution in [0.2, 0.25) is 0 Å². The number of carbonyl (C=O) groups excluding carboxylic acids is 2. The molecule has 2 heterocycles. The summed E-state index contributed by atoms with van der Waals surface area (Å²) in [6.07, 6.45) is 7.58. The molecule has 0 aromatic rings. The topological polar surface area (TPSA) is 71.1 Å². The van der Waals surface area contributed by atoms with Crippen molar-refractivity contribution in [2.24, 2.45) is 11.8 Å². The Morgan fingerprint density at radius 3 is 2.30 bits per heavy atom. The van der Waals surface area contributed by atoms with E-state index in [1.165, 1.54) is 7.11 Å². The van der Waals surface area contributed by atoms with Crippen molar-refractivity contribution in [1.82, 2.24) is 0 Å². The first kappa shape index (κ1) is 16.5. The molecule has 128 valence electrons. The number of rotatable bonds is 6. The lowest BCUT2D eigenvalue weighted by atomic mass is 9.83. The molecule has 1 saturated carbocycles. The first-order chi connectivity index (χ1) is 11.1. The van der Waals surface area contributed by atoms with E-state index in [1.54, 1.807) is 0 Å². The summed E-state index contributed by atoms with van der Waals surface area (Å²) in [5, 5.41) is 0. The van der Waals surface area contributed by atoms with Crippen molar-refractivity contribution in [3.8, 4) is 0 Å². The van der Waals surface area contributed by atoms with Crippen LogP contribution in [0.1, 0.15) is 39.0 Å². The van der Waals surface area contributed by atoms with Crippen molar-refractivity contribution in [2.75, 3.05) is 13.9 Å². The molecule has 4 atom stereocenters. The van der Waals surface area contributed by atoms with Gasteiger partial charge in [-0.3, -0.25) is 9.59 Å². The number of hydrogen-bond donors (Lipinski definition) is 0. The molecule has 3 rings (SSSR count). The second-order valence-corrected chi connectivity index (χ2v) is 6.54. The normalized spacial score (nSPS) is 33.8. The Balaban J connectivity index is 1.72. The van der Waals surface area contributed by atoms with E-state index in [2.05, 4.69) is 0 Å². The highest BCUT2D eigenvalue weighted by Crippen LogP contribution is 2.43. The fourth-order valence-corrected chi connectivity index (χ4v) is 3.91. The molecule has 2 bridgehead atoms. The molecule has 0 aromatic carbocycles. The molecule has 2 aliphatic heterocycles. The summed E-state index contributed by atoms with van der Waals surface area (Å²) >= 11 is 0. The minimum absolute atomic E-state index is 0.128. The van der Waals surface area contributed by atoms with Crippen molar-refractivity contribution in [3.63, 3.8) is 0 Å². The van der Waals surface area contributed by atoms with E-state index in [4.69, 9.17) is 18.9 Å². The van der Waals surface area contributed by atoms with E-state index in [0.717, 1.165) is 32.1 Å². The number of ether oxygens (including phenoxy) is 4. The zero-order chi connectivity index (χ0) is 16.4. The van der Waals surface area contributed by atoms with Gasteiger partial charge in [-0.2, -0.15) is 0 Å². The third-order valence-electron chi connectivity index (χ3n) is 5.24. The molecular formula is C17H24O6. The van der Waals surface area contributed by atoms with Gasteiger partial charge < -0.3 is 18.9 Å². The molecule has 23 heavy (non-hydrogen) atoms. The van der Waals surface area contributed by atoms with Gasteiger partial charge in [0.25, 0.3) is 0 Å². The Hall–Kier alpha value is -1.40. The monoisotopic (exact) mass is 324 g/mol. The fourth-order valence-electron chi connectivity index (χ4n) is 3.91. The van der Waals surface area contributed by atoms with Crippen molar-refractivity contribution in [1.29, 1.82) is 0 Å². The SMILES string of the molecule is CCC1(OC(=O)C2C3C=CC(O3)C2C(=O)OCOC)CCCC1. The van der Waals surface area contributed by atoms with E-state index in [1.807, 2.05) is 19.1 Å². The van der Waals surface area contributed by atoms with Crippen LogP contribution in [0.4, 0.5) is 0 Å². The first-order valence-electron chi connectivity index (χ1n) is 8.32.